The smallest absolute Gasteiger partial charge is 0.410 e. The third kappa shape index (κ3) is 4.54. The van der Waals surface area contributed by atoms with Crippen LogP contribution in [0.4, 0.5) is 9.59 Å². The van der Waals surface area contributed by atoms with Crippen molar-refractivity contribution in [2.45, 2.75) is 65.1 Å². The fourth-order valence-electron chi connectivity index (χ4n) is 4.06. The highest BCUT2D eigenvalue weighted by atomic mass is 35.5. The van der Waals surface area contributed by atoms with Gasteiger partial charge in [0.1, 0.15) is 5.60 Å². The number of fused-ring (bicyclic) bond motifs is 1. The molecular weight excluding hydrogens is 378 g/mol. The molecule has 7 heteroatoms. The Morgan fingerprint density at radius 1 is 1.29 bits per heavy atom. The second-order valence-electron chi connectivity index (χ2n) is 8.47. The predicted molar refractivity (Wildman–Crippen MR) is 110 cm³/mol. The predicted octanol–water partition coefficient (Wildman–Crippen LogP) is 4.50. The molecule has 154 valence electrons. The Kier molecular flexibility index (Phi) is 6.08. The third-order valence-electron chi connectivity index (χ3n) is 5.19. The molecule has 0 spiro atoms. The van der Waals surface area contributed by atoms with Gasteiger partial charge in [-0.15, -0.1) is 0 Å². The molecule has 0 aromatic heterocycles. The lowest BCUT2D eigenvalue weighted by Crippen LogP contribution is -2.43. The Balaban J connectivity index is 1.87. The summed E-state index contributed by atoms with van der Waals surface area (Å²) in [6, 6.07) is 3.85. The molecule has 28 heavy (non-hydrogen) atoms. The molecule has 3 amide bonds. The molecule has 0 unspecified atom stereocenters. The first kappa shape index (κ1) is 20.8. The van der Waals surface area contributed by atoms with Crippen LogP contribution < -0.4 is 5.32 Å². The number of carbonyl (C=O) groups excluding carboxylic acids is 2. The maximum Gasteiger partial charge on any atom is 0.410 e. The maximum atomic E-state index is 12.7. The number of likely N-dealkylation sites (tertiary alicyclic amines) is 1. The highest BCUT2D eigenvalue weighted by Gasteiger charge is 2.35. The van der Waals surface area contributed by atoms with E-state index in [9.17, 15) is 9.59 Å². The van der Waals surface area contributed by atoms with Crippen molar-refractivity contribution in [3.63, 3.8) is 0 Å². The molecule has 2 heterocycles. The van der Waals surface area contributed by atoms with Crippen LogP contribution in [0.25, 0.3) is 0 Å². The zero-order chi connectivity index (χ0) is 20.5. The summed E-state index contributed by atoms with van der Waals surface area (Å²) in [7, 11) is 0. The fourth-order valence-corrected chi connectivity index (χ4v) is 4.31. The van der Waals surface area contributed by atoms with E-state index in [0.29, 0.717) is 31.2 Å². The topological polar surface area (TPSA) is 61.9 Å². The lowest BCUT2D eigenvalue weighted by atomic mass is 9.90. The highest BCUT2D eigenvalue weighted by molar-refractivity contribution is 6.30. The van der Waals surface area contributed by atoms with Gasteiger partial charge in [0.15, 0.2) is 0 Å². The normalized spacial score (nSPS) is 19.4. The summed E-state index contributed by atoms with van der Waals surface area (Å²) >= 11 is 6.43. The molecule has 0 radical (unpaired) electrons. The zero-order valence-electron chi connectivity index (χ0n) is 17.2. The number of amides is 3. The van der Waals surface area contributed by atoms with Crippen LogP contribution in [-0.2, 0) is 17.7 Å². The summed E-state index contributed by atoms with van der Waals surface area (Å²) in [6.45, 7) is 10.0. The van der Waals surface area contributed by atoms with Crippen LogP contribution in [0.3, 0.4) is 0 Å². The highest BCUT2D eigenvalue weighted by Crippen LogP contribution is 2.39. The van der Waals surface area contributed by atoms with Gasteiger partial charge < -0.3 is 19.9 Å². The SMILES string of the molecule is CCNC(=O)N1CCc2c(cc(Cl)cc2[C@@H]2CCCN2C(=O)OC(C)(C)C)C1. The molecular formula is C21H30ClN3O3. The molecule has 1 aromatic rings. The Hall–Kier alpha value is -1.95. The molecule has 2 aliphatic heterocycles. The van der Waals surface area contributed by atoms with Crippen LogP contribution in [0.5, 0.6) is 0 Å². The minimum absolute atomic E-state index is 0.0293. The Labute approximate surface area is 172 Å². The number of halogens is 1. The summed E-state index contributed by atoms with van der Waals surface area (Å²) in [5.74, 6) is 0. The number of nitrogens with zero attached hydrogens (tertiary/aromatic N) is 2. The van der Waals surface area contributed by atoms with Gasteiger partial charge in [0.2, 0.25) is 0 Å². The van der Waals surface area contributed by atoms with E-state index in [1.807, 2.05) is 49.6 Å². The van der Waals surface area contributed by atoms with E-state index in [4.69, 9.17) is 16.3 Å². The van der Waals surface area contributed by atoms with Crippen molar-refractivity contribution in [2.75, 3.05) is 19.6 Å². The monoisotopic (exact) mass is 407 g/mol. The largest absolute Gasteiger partial charge is 0.444 e. The van der Waals surface area contributed by atoms with Crippen LogP contribution >= 0.6 is 11.6 Å². The second kappa shape index (κ2) is 8.19. The van der Waals surface area contributed by atoms with Crippen molar-refractivity contribution in [1.29, 1.82) is 0 Å². The molecule has 1 fully saturated rings. The van der Waals surface area contributed by atoms with E-state index in [-0.39, 0.29) is 18.2 Å². The average Bonchev–Trinajstić information content (AvgIpc) is 3.09. The minimum atomic E-state index is -0.523. The molecule has 1 saturated heterocycles. The third-order valence-corrected chi connectivity index (χ3v) is 5.41. The number of ether oxygens (including phenoxy) is 1. The average molecular weight is 408 g/mol. The summed E-state index contributed by atoms with van der Waals surface area (Å²) in [5, 5.41) is 3.50. The molecule has 0 bridgehead atoms. The number of urea groups is 1. The van der Waals surface area contributed by atoms with Crippen molar-refractivity contribution in [1.82, 2.24) is 15.1 Å². The Morgan fingerprint density at radius 3 is 2.71 bits per heavy atom. The van der Waals surface area contributed by atoms with Crippen LogP contribution in [0.15, 0.2) is 12.1 Å². The first-order valence-corrected chi connectivity index (χ1v) is 10.4. The van der Waals surface area contributed by atoms with Crippen molar-refractivity contribution in [3.05, 3.63) is 33.8 Å². The van der Waals surface area contributed by atoms with E-state index in [0.717, 1.165) is 30.4 Å². The summed E-state index contributed by atoms with van der Waals surface area (Å²) in [4.78, 5) is 28.6. The number of hydrogen-bond acceptors (Lipinski definition) is 3. The van der Waals surface area contributed by atoms with E-state index in [1.165, 1.54) is 5.56 Å². The van der Waals surface area contributed by atoms with E-state index in [2.05, 4.69) is 5.32 Å². The van der Waals surface area contributed by atoms with Gasteiger partial charge in [-0.1, -0.05) is 11.6 Å². The summed E-state index contributed by atoms with van der Waals surface area (Å²) in [5.41, 5.74) is 2.85. The lowest BCUT2D eigenvalue weighted by molar-refractivity contribution is 0.0223. The van der Waals surface area contributed by atoms with Gasteiger partial charge in [-0.2, -0.15) is 0 Å². The van der Waals surface area contributed by atoms with Gasteiger partial charge in [0, 0.05) is 31.2 Å². The second-order valence-corrected chi connectivity index (χ2v) is 8.91. The molecule has 0 aliphatic carbocycles. The van der Waals surface area contributed by atoms with Gasteiger partial charge in [-0.25, -0.2) is 9.59 Å². The number of benzene rings is 1. The maximum absolute atomic E-state index is 12.7. The lowest BCUT2D eigenvalue weighted by Gasteiger charge is -2.34. The van der Waals surface area contributed by atoms with E-state index < -0.39 is 5.60 Å². The first-order chi connectivity index (χ1) is 13.2. The number of hydrogen-bond donors (Lipinski definition) is 1. The van der Waals surface area contributed by atoms with E-state index in [1.54, 1.807) is 0 Å². The molecule has 1 N–H and O–H groups in total. The quantitative estimate of drug-likeness (QED) is 0.785. The molecule has 3 rings (SSSR count). The van der Waals surface area contributed by atoms with Crippen molar-refractivity contribution in [2.24, 2.45) is 0 Å². The van der Waals surface area contributed by atoms with Crippen LogP contribution in [0.1, 0.15) is 63.3 Å². The van der Waals surface area contributed by atoms with Crippen molar-refractivity contribution in [3.8, 4) is 0 Å². The van der Waals surface area contributed by atoms with Gasteiger partial charge in [-0.05, 0) is 75.8 Å². The summed E-state index contributed by atoms with van der Waals surface area (Å²) in [6.07, 6.45) is 2.32. The Bertz CT molecular complexity index is 760. The van der Waals surface area contributed by atoms with Gasteiger partial charge in [0.25, 0.3) is 0 Å². The molecule has 1 aromatic carbocycles. The van der Waals surface area contributed by atoms with Crippen LogP contribution in [0.2, 0.25) is 5.02 Å². The van der Waals surface area contributed by atoms with Crippen molar-refractivity contribution < 1.29 is 14.3 Å². The molecule has 2 aliphatic rings. The van der Waals surface area contributed by atoms with Crippen LogP contribution in [0, 0.1) is 0 Å². The molecule has 1 atom stereocenters. The number of rotatable bonds is 2. The van der Waals surface area contributed by atoms with Crippen molar-refractivity contribution >= 4 is 23.7 Å². The molecule has 6 nitrogen and oxygen atoms in total. The first-order valence-electron chi connectivity index (χ1n) is 10.0. The summed E-state index contributed by atoms with van der Waals surface area (Å²) < 4.78 is 5.62. The van der Waals surface area contributed by atoms with E-state index >= 15 is 0 Å². The fraction of sp³-hybridized carbons (Fsp3) is 0.619. The van der Waals surface area contributed by atoms with Gasteiger partial charge >= 0.3 is 12.1 Å². The Morgan fingerprint density at radius 2 is 2.04 bits per heavy atom. The van der Waals surface area contributed by atoms with Crippen LogP contribution in [-0.4, -0.2) is 47.2 Å². The number of carbonyl (C=O) groups is 2. The standard InChI is InChI=1S/C21H30ClN3O3/c1-5-23-19(26)24-10-8-16-14(13-24)11-15(22)12-17(16)18-7-6-9-25(18)20(27)28-21(2,3)4/h11-12,18H,5-10,13H2,1-4H3,(H,23,26)/t18-/m0/s1. The van der Waals surface area contributed by atoms with Gasteiger partial charge in [0.05, 0.1) is 6.04 Å². The minimum Gasteiger partial charge on any atom is -0.444 e. The van der Waals surface area contributed by atoms with Gasteiger partial charge in [-0.3, -0.25) is 0 Å². The molecule has 0 saturated carbocycles. The zero-order valence-corrected chi connectivity index (χ0v) is 17.9. The number of nitrogens with one attached hydrogen (secondary N) is 1.